The second-order valence-corrected chi connectivity index (χ2v) is 6.10. The Hall–Kier alpha value is -1.13. The molecule has 0 saturated carbocycles. The highest BCUT2D eigenvalue weighted by Gasteiger charge is 2.23. The van der Waals surface area contributed by atoms with E-state index in [9.17, 15) is 8.42 Å². The number of benzene rings is 1. The van der Waals surface area contributed by atoms with Gasteiger partial charge in [-0.25, -0.2) is 8.42 Å². The summed E-state index contributed by atoms with van der Waals surface area (Å²) in [6, 6.07) is 8.38. The van der Waals surface area contributed by atoms with E-state index in [1.165, 1.54) is 6.08 Å². The van der Waals surface area contributed by atoms with Crippen molar-refractivity contribution in [2.24, 2.45) is 0 Å². The number of aliphatic hydroxyl groups excluding tert-OH is 1. The predicted octanol–water partition coefficient (Wildman–Crippen LogP) is 2.18. The van der Waals surface area contributed by atoms with Crippen molar-refractivity contribution >= 4 is 9.84 Å². The molecule has 4 heteroatoms. The first-order valence-corrected chi connectivity index (χ1v) is 7.18. The Bertz CT molecular complexity index is 461. The lowest BCUT2D eigenvalue weighted by atomic mass is 10.2. The lowest BCUT2D eigenvalue weighted by molar-refractivity contribution is 0.244. The summed E-state index contributed by atoms with van der Waals surface area (Å²) in [6.45, 7) is 3.41. The SMILES string of the molecule is CC[C@H](C=C[C@@H](C)O)S(=O)(=O)c1ccccc1. The second kappa shape index (κ2) is 5.98. The molecule has 0 aliphatic carbocycles. The number of sulfone groups is 1. The van der Waals surface area contributed by atoms with E-state index in [1.54, 1.807) is 43.3 Å². The van der Waals surface area contributed by atoms with Crippen LogP contribution in [0.25, 0.3) is 0 Å². The van der Waals surface area contributed by atoms with E-state index in [4.69, 9.17) is 5.11 Å². The Morgan fingerprint density at radius 3 is 2.29 bits per heavy atom. The maximum Gasteiger partial charge on any atom is 0.184 e. The van der Waals surface area contributed by atoms with Gasteiger partial charge in [-0.3, -0.25) is 0 Å². The molecule has 0 spiro atoms. The van der Waals surface area contributed by atoms with Crippen LogP contribution in [0.5, 0.6) is 0 Å². The first-order valence-electron chi connectivity index (χ1n) is 5.63. The van der Waals surface area contributed by atoms with Crippen molar-refractivity contribution < 1.29 is 13.5 Å². The van der Waals surface area contributed by atoms with Gasteiger partial charge in [-0.1, -0.05) is 37.3 Å². The predicted molar refractivity (Wildman–Crippen MR) is 68.5 cm³/mol. The molecule has 0 aliphatic rings. The Morgan fingerprint density at radius 1 is 1.24 bits per heavy atom. The Labute approximate surface area is 103 Å². The van der Waals surface area contributed by atoms with Crippen molar-refractivity contribution in [1.82, 2.24) is 0 Å². The summed E-state index contributed by atoms with van der Waals surface area (Å²) in [4.78, 5) is 0.321. The van der Waals surface area contributed by atoms with Crippen LogP contribution in [0.3, 0.4) is 0 Å². The van der Waals surface area contributed by atoms with Gasteiger partial charge in [-0.2, -0.15) is 0 Å². The Balaban J connectivity index is 3.04. The molecule has 1 rings (SSSR count). The van der Waals surface area contributed by atoms with Crippen LogP contribution in [-0.2, 0) is 9.84 Å². The van der Waals surface area contributed by atoms with Crippen LogP contribution in [0, 0.1) is 0 Å². The van der Waals surface area contributed by atoms with Crippen LogP contribution in [0.4, 0.5) is 0 Å². The molecule has 0 unspecified atom stereocenters. The van der Waals surface area contributed by atoms with Gasteiger partial charge in [0.25, 0.3) is 0 Å². The summed E-state index contributed by atoms with van der Waals surface area (Å²) in [6.07, 6.45) is 2.93. The summed E-state index contributed by atoms with van der Waals surface area (Å²) in [5.74, 6) is 0. The molecule has 0 fully saturated rings. The van der Waals surface area contributed by atoms with E-state index in [1.807, 2.05) is 6.92 Å². The molecule has 17 heavy (non-hydrogen) atoms. The average Bonchev–Trinajstić information content (AvgIpc) is 2.30. The maximum absolute atomic E-state index is 12.2. The van der Waals surface area contributed by atoms with Gasteiger partial charge >= 0.3 is 0 Å². The summed E-state index contributed by atoms with van der Waals surface area (Å²) < 4.78 is 24.5. The van der Waals surface area contributed by atoms with E-state index < -0.39 is 21.2 Å². The molecule has 3 nitrogen and oxygen atoms in total. The number of hydrogen-bond acceptors (Lipinski definition) is 3. The van der Waals surface area contributed by atoms with Gasteiger partial charge in [0.2, 0.25) is 0 Å². The van der Waals surface area contributed by atoms with E-state index in [2.05, 4.69) is 0 Å². The van der Waals surface area contributed by atoms with Gasteiger partial charge in [-0.15, -0.1) is 0 Å². The van der Waals surface area contributed by atoms with Gasteiger partial charge < -0.3 is 5.11 Å². The first-order chi connectivity index (χ1) is 7.98. The lowest BCUT2D eigenvalue weighted by Gasteiger charge is -2.12. The van der Waals surface area contributed by atoms with Crippen LogP contribution in [0.15, 0.2) is 47.4 Å². The zero-order chi connectivity index (χ0) is 12.9. The minimum Gasteiger partial charge on any atom is -0.389 e. The molecule has 1 aromatic rings. The normalized spacial score (nSPS) is 15.9. The van der Waals surface area contributed by atoms with Crippen molar-refractivity contribution in [3.8, 4) is 0 Å². The van der Waals surface area contributed by atoms with Crippen LogP contribution in [0.2, 0.25) is 0 Å². The molecular formula is C13H18O3S. The molecule has 94 valence electrons. The molecule has 0 bridgehead atoms. The fourth-order valence-electron chi connectivity index (χ4n) is 1.53. The topological polar surface area (TPSA) is 54.4 Å². The molecule has 0 aromatic heterocycles. The van der Waals surface area contributed by atoms with Gasteiger partial charge in [0.1, 0.15) is 0 Å². The van der Waals surface area contributed by atoms with Gasteiger partial charge in [0, 0.05) is 0 Å². The van der Waals surface area contributed by atoms with Gasteiger partial charge in [0.05, 0.1) is 16.2 Å². The minimum absolute atomic E-state index is 0.321. The third-order valence-corrected chi connectivity index (χ3v) is 4.69. The van der Waals surface area contributed by atoms with Crippen LogP contribution in [-0.4, -0.2) is 24.9 Å². The maximum atomic E-state index is 12.2. The molecule has 0 amide bonds. The standard InChI is InChI=1S/C13H18O3S/c1-3-12(10-9-11(2)14)17(15,16)13-7-5-4-6-8-13/h4-12,14H,3H2,1-2H3/t11-,12-/m1/s1. The molecule has 0 heterocycles. The average molecular weight is 254 g/mol. The monoisotopic (exact) mass is 254 g/mol. The molecule has 0 radical (unpaired) electrons. The van der Waals surface area contributed by atoms with Crippen molar-refractivity contribution in [2.75, 3.05) is 0 Å². The quantitative estimate of drug-likeness (QED) is 0.819. The lowest BCUT2D eigenvalue weighted by Crippen LogP contribution is -2.18. The van der Waals surface area contributed by atoms with Crippen molar-refractivity contribution in [3.05, 3.63) is 42.5 Å². The molecule has 2 atom stereocenters. The van der Waals surface area contributed by atoms with Crippen LogP contribution >= 0.6 is 0 Å². The molecule has 1 N–H and O–H groups in total. The van der Waals surface area contributed by atoms with Crippen molar-refractivity contribution in [2.45, 2.75) is 36.5 Å². The Kier molecular flexibility index (Phi) is 4.90. The summed E-state index contributed by atoms with van der Waals surface area (Å²) in [5.41, 5.74) is 0. The zero-order valence-electron chi connectivity index (χ0n) is 10.1. The minimum atomic E-state index is -3.34. The first kappa shape index (κ1) is 13.9. The number of hydrogen-bond donors (Lipinski definition) is 1. The van der Waals surface area contributed by atoms with Gasteiger partial charge in [-0.05, 0) is 25.5 Å². The highest BCUT2D eigenvalue weighted by Crippen LogP contribution is 2.19. The summed E-state index contributed by atoms with van der Waals surface area (Å²) in [7, 11) is -3.34. The highest BCUT2D eigenvalue weighted by atomic mass is 32.2. The Morgan fingerprint density at radius 2 is 1.82 bits per heavy atom. The fraction of sp³-hybridized carbons (Fsp3) is 0.385. The highest BCUT2D eigenvalue weighted by molar-refractivity contribution is 7.92. The largest absolute Gasteiger partial charge is 0.389 e. The molecule has 0 aliphatic heterocycles. The van der Waals surface area contributed by atoms with Crippen molar-refractivity contribution in [1.29, 1.82) is 0 Å². The van der Waals surface area contributed by atoms with Gasteiger partial charge in [0.15, 0.2) is 9.84 Å². The van der Waals surface area contributed by atoms with E-state index in [0.717, 1.165) is 0 Å². The third-order valence-electron chi connectivity index (χ3n) is 2.48. The molecule has 1 aromatic carbocycles. The fourth-order valence-corrected chi connectivity index (χ4v) is 3.15. The third kappa shape index (κ3) is 3.68. The smallest absolute Gasteiger partial charge is 0.184 e. The molecular weight excluding hydrogens is 236 g/mol. The second-order valence-electron chi connectivity index (χ2n) is 3.93. The van der Waals surface area contributed by atoms with Crippen molar-refractivity contribution in [3.63, 3.8) is 0 Å². The van der Waals surface area contributed by atoms with Crippen LogP contribution < -0.4 is 0 Å². The number of rotatable bonds is 5. The van der Waals surface area contributed by atoms with E-state index >= 15 is 0 Å². The summed E-state index contributed by atoms with van der Waals surface area (Å²) in [5, 5.41) is 8.57. The van der Waals surface area contributed by atoms with E-state index in [0.29, 0.717) is 11.3 Å². The van der Waals surface area contributed by atoms with E-state index in [-0.39, 0.29) is 0 Å². The molecule has 0 saturated heterocycles. The number of aliphatic hydroxyl groups is 1. The van der Waals surface area contributed by atoms with Crippen LogP contribution in [0.1, 0.15) is 20.3 Å². The zero-order valence-corrected chi connectivity index (χ0v) is 10.9. The summed E-state index contributed by atoms with van der Waals surface area (Å²) >= 11 is 0.